The number of rotatable bonds is 4. The number of carbonyl (C=O) groups excluding carboxylic acids is 1. The Balaban J connectivity index is 1.70. The van der Waals surface area contributed by atoms with E-state index in [9.17, 15) is 14.9 Å². The molecule has 124 valence electrons. The predicted molar refractivity (Wildman–Crippen MR) is 88.5 cm³/mol. The van der Waals surface area contributed by atoms with Gasteiger partial charge in [0.05, 0.1) is 24.5 Å². The van der Waals surface area contributed by atoms with Crippen LogP contribution in [-0.4, -0.2) is 35.4 Å². The minimum Gasteiger partial charge on any atom is -0.370 e. The summed E-state index contributed by atoms with van der Waals surface area (Å²) < 4.78 is 5.75. The van der Waals surface area contributed by atoms with Crippen LogP contribution in [0.2, 0.25) is 0 Å². The summed E-state index contributed by atoms with van der Waals surface area (Å²) in [5, 5.41) is 11.1. The number of carbonyl (C=O) groups is 1. The van der Waals surface area contributed by atoms with E-state index in [-0.39, 0.29) is 24.1 Å². The first kappa shape index (κ1) is 16.1. The molecular weight excluding hydrogens is 308 g/mol. The number of nitro benzene ring substituents is 1. The quantitative estimate of drug-likeness (QED) is 0.640. The summed E-state index contributed by atoms with van der Waals surface area (Å²) in [6.45, 7) is 1.43. The van der Waals surface area contributed by atoms with Crippen LogP contribution in [0.4, 0.5) is 5.69 Å². The summed E-state index contributed by atoms with van der Waals surface area (Å²) in [7, 11) is 0. The van der Waals surface area contributed by atoms with Crippen LogP contribution in [0.3, 0.4) is 0 Å². The lowest BCUT2D eigenvalue weighted by Gasteiger charge is -2.33. The largest absolute Gasteiger partial charge is 0.370 e. The zero-order valence-electron chi connectivity index (χ0n) is 13.1. The summed E-state index contributed by atoms with van der Waals surface area (Å²) in [6, 6.07) is 16.1. The molecule has 1 aliphatic rings. The molecule has 1 heterocycles. The van der Waals surface area contributed by atoms with Gasteiger partial charge in [-0.1, -0.05) is 48.5 Å². The Bertz CT molecular complexity index is 733. The van der Waals surface area contributed by atoms with Crippen molar-refractivity contribution in [3.05, 3.63) is 75.8 Å². The molecule has 0 spiro atoms. The van der Waals surface area contributed by atoms with Gasteiger partial charge in [-0.25, -0.2) is 0 Å². The fraction of sp³-hybridized carbons (Fsp3) is 0.278. The number of benzene rings is 2. The maximum atomic E-state index is 12.6. The van der Waals surface area contributed by atoms with Crippen molar-refractivity contribution in [1.82, 2.24) is 4.90 Å². The second-order valence-corrected chi connectivity index (χ2v) is 5.67. The average Bonchev–Trinajstić information content (AvgIpc) is 2.63. The van der Waals surface area contributed by atoms with Crippen LogP contribution in [-0.2, 0) is 16.0 Å². The molecule has 3 rings (SSSR count). The van der Waals surface area contributed by atoms with Gasteiger partial charge in [-0.15, -0.1) is 0 Å². The summed E-state index contributed by atoms with van der Waals surface area (Å²) in [5.74, 6) is -0.117. The molecule has 2 aromatic rings. The molecule has 6 nitrogen and oxygen atoms in total. The molecule has 0 aliphatic carbocycles. The lowest BCUT2D eigenvalue weighted by atomic mass is 10.1. The van der Waals surface area contributed by atoms with Gasteiger partial charge in [0.25, 0.3) is 5.69 Å². The summed E-state index contributed by atoms with van der Waals surface area (Å²) in [6.07, 6.45) is -0.131. The number of morpholine rings is 1. The molecule has 0 aromatic heterocycles. The zero-order valence-corrected chi connectivity index (χ0v) is 13.1. The highest BCUT2D eigenvalue weighted by Crippen LogP contribution is 2.24. The molecule has 1 saturated heterocycles. The van der Waals surface area contributed by atoms with Crippen molar-refractivity contribution in [2.45, 2.75) is 12.5 Å². The van der Waals surface area contributed by atoms with Crippen LogP contribution in [0, 0.1) is 10.1 Å². The van der Waals surface area contributed by atoms with Crippen LogP contribution in [0.15, 0.2) is 54.6 Å². The smallest absolute Gasteiger partial charge is 0.273 e. The van der Waals surface area contributed by atoms with Crippen LogP contribution in [0.1, 0.15) is 17.2 Å². The second kappa shape index (κ2) is 7.23. The number of hydrogen-bond donors (Lipinski definition) is 0. The molecule has 1 atom stereocenters. The van der Waals surface area contributed by atoms with Crippen molar-refractivity contribution in [3.8, 4) is 0 Å². The highest BCUT2D eigenvalue weighted by Gasteiger charge is 2.26. The molecule has 1 amide bonds. The number of nitrogens with zero attached hydrogens (tertiary/aromatic N) is 2. The van der Waals surface area contributed by atoms with Crippen LogP contribution in [0.25, 0.3) is 0 Å². The van der Waals surface area contributed by atoms with Gasteiger partial charge >= 0.3 is 0 Å². The van der Waals surface area contributed by atoms with E-state index in [1.54, 1.807) is 23.1 Å². The summed E-state index contributed by atoms with van der Waals surface area (Å²) in [5.41, 5.74) is 1.45. The third kappa shape index (κ3) is 3.60. The van der Waals surface area contributed by atoms with Gasteiger partial charge in [0.1, 0.15) is 6.10 Å². The summed E-state index contributed by atoms with van der Waals surface area (Å²) in [4.78, 5) is 24.9. The molecule has 2 aromatic carbocycles. The van der Waals surface area contributed by atoms with Crippen molar-refractivity contribution in [1.29, 1.82) is 0 Å². The van der Waals surface area contributed by atoms with Crippen molar-refractivity contribution in [2.24, 2.45) is 0 Å². The molecule has 24 heavy (non-hydrogen) atoms. The molecule has 1 aliphatic heterocycles. The molecule has 6 heteroatoms. The molecule has 0 radical (unpaired) electrons. The maximum Gasteiger partial charge on any atom is 0.273 e. The fourth-order valence-corrected chi connectivity index (χ4v) is 2.86. The third-order valence-corrected chi connectivity index (χ3v) is 4.12. The zero-order chi connectivity index (χ0) is 16.9. The number of para-hydroxylation sites is 1. The molecule has 0 N–H and O–H groups in total. The first-order valence-electron chi connectivity index (χ1n) is 7.82. The highest BCUT2D eigenvalue weighted by molar-refractivity contribution is 5.80. The summed E-state index contributed by atoms with van der Waals surface area (Å²) >= 11 is 0. The lowest BCUT2D eigenvalue weighted by molar-refractivity contribution is -0.385. The van der Waals surface area contributed by atoms with Crippen molar-refractivity contribution < 1.29 is 14.5 Å². The SMILES string of the molecule is O=C(Cc1ccccc1[N+](=O)[O-])N1CCOC(c2ccccc2)C1. The molecular formula is C18H18N2O4. The minimum absolute atomic E-state index is 0.0151. The number of hydrogen-bond acceptors (Lipinski definition) is 4. The van der Waals surface area contributed by atoms with Gasteiger partial charge in [0, 0.05) is 18.2 Å². The number of amides is 1. The van der Waals surface area contributed by atoms with E-state index in [1.165, 1.54) is 6.07 Å². The number of ether oxygens (including phenoxy) is 1. The molecule has 0 bridgehead atoms. The van der Waals surface area contributed by atoms with E-state index < -0.39 is 4.92 Å². The average molecular weight is 326 g/mol. The first-order valence-corrected chi connectivity index (χ1v) is 7.82. The fourth-order valence-electron chi connectivity index (χ4n) is 2.86. The third-order valence-electron chi connectivity index (χ3n) is 4.12. The van der Waals surface area contributed by atoms with Crippen molar-refractivity contribution in [3.63, 3.8) is 0 Å². The lowest BCUT2D eigenvalue weighted by Crippen LogP contribution is -2.43. The van der Waals surface area contributed by atoms with Gasteiger partial charge < -0.3 is 9.64 Å². The Morgan fingerprint density at radius 2 is 1.88 bits per heavy atom. The van der Waals surface area contributed by atoms with Crippen molar-refractivity contribution >= 4 is 11.6 Å². The van der Waals surface area contributed by atoms with Gasteiger partial charge in [-0.05, 0) is 5.56 Å². The Hall–Kier alpha value is -2.73. The monoisotopic (exact) mass is 326 g/mol. The Kier molecular flexibility index (Phi) is 4.86. The highest BCUT2D eigenvalue weighted by atomic mass is 16.6. The van der Waals surface area contributed by atoms with E-state index in [4.69, 9.17) is 4.74 Å². The molecule has 1 fully saturated rings. The van der Waals surface area contributed by atoms with Gasteiger partial charge in [0.2, 0.25) is 5.91 Å². The van der Waals surface area contributed by atoms with E-state index in [2.05, 4.69) is 0 Å². The first-order chi connectivity index (χ1) is 11.6. The normalized spacial score (nSPS) is 17.5. The second-order valence-electron chi connectivity index (χ2n) is 5.67. The van der Waals surface area contributed by atoms with Gasteiger partial charge in [-0.3, -0.25) is 14.9 Å². The van der Waals surface area contributed by atoms with Gasteiger partial charge in [0.15, 0.2) is 0 Å². The van der Waals surface area contributed by atoms with Crippen molar-refractivity contribution in [2.75, 3.05) is 19.7 Å². The van der Waals surface area contributed by atoms with Crippen LogP contribution in [0.5, 0.6) is 0 Å². The number of nitro groups is 1. The Labute approximate surface area is 139 Å². The minimum atomic E-state index is -0.450. The molecule has 1 unspecified atom stereocenters. The topological polar surface area (TPSA) is 72.7 Å². The van der Waals surface area contributed by atoms with E-state index >= 15 is 0 Å². The van der Waals surface area contributed by atoms with E-state index in [1.807, 2.05) is 30.3 Å². The van der Waals surface area contributed by atoms with Gasteiger partial charge in [-0.2, -0.15) is 0 Å². The van der Waals surface area contributed by atoms with Crippen LogP contribution >= 0.6 is 0 Å². The predicted octanol–water partition coefficient (Wildman–Crippen LogP) is 2.74. The Morgan fingerprint density at radius 3 is 2.62 bits per heavy atom. The maximum absolute atomic E-state index is 12.6. The van der Waals surface area contributed by atoms with E-state index in [0.29, 0.717) is 25.3 Å². The molecule has 0 saturated carbocycles. The standard InChI is InChI=1S/C18H18N2O4/c21-18(12-15-8-4-5-9-16(15)20(22)23)19-10-11-24-17(13-19)14-6-2-1-3-7-14/h1-9,17H,10-13H2. The van der Waals surface area contributed by atoms with Crippen LogP contribution < -0.4 is 0 Å². The Morgan fingerprint density at radius 1 is 1.17 bits per heavy atom. The van der Waals surface area contributed by atoms with E-state index in [0.717, 1.165) is 5.56 Å².